The van der Waals surface area contributed by atoms with Crippen molar-refractivity contribution in [1.29, 1.82) is 0 Å². The van der Waals surface area contributed by atoms with E-state index < -0.39 is 0 Å². The van der Waals surface area contributed by atoms with Crippen LogP contribution in [0.3, 0.4) is 0 Å². The van der Waals surface area contributed by atoms with Gasteiger partial charge in [0.25, 0.3) is 11.8 Å². The highest BCUT2D eigenvalue weighted by atomic mass is 16.7. The standard InChI is InChI=1S/C19H21N3O4/c1-3-22(4-2)19(24)13-7-5-12(6-8-13)18(23)21-15-10-17-16(9-14(15)20)25-11-26-17/h5-10H,3-4,11,20H2,1-2H3,(H,21,23). The lowest BCUT2D eigenvalue weighted by molar-refractivity contribution is 0.0772. The number of nitrogens with two attached hydrogens (primary N) is 1. The third-order valence-electron chi connectivity index (χ3n) is 4.24. The minimum Gasteiger partial charge on any atom is -0.454 e. The molecule has 7 heteroatoms. The summed E-state index contributed by atoms with van der Waals surface area (Å²) in [5.41, 5.74) is 7.76. The zero-order valence-corrected chi connectivity index (χ0v) is 14.7. The molecule has 0 saturated heterocycles. The molecule has 3 N–H and O–H groups in total. The predicted octanol–water partition coefficient (Wildman–Crippen LogP) is 2.73. The lowest BCUT2D eigenvalue weighted by Gasteiger charge is -2.18. The zero-order valence-electron chi connectivity index (χ0n) is 14.7. The summed E-state index contributed by atoms with van der Waals surface area (Å²) in [5.74, 6) is 0.716. The van der Waals surface area contributed by atoms with Crippen LogP contribution in [0, 0.1) is 0 Å². The Morgan fingerprint density at radius 1 is 1.04 bits per heavy atom. The number of nitrogens with one attached hydrogen (secondary N) is 1. The summed E-state index contributed by atoms with van der Waals surface area (Å²) in [6.07, 6.45) is 0. The number of carbonyl (C=O) groups is 2. The number of anilines is 2. The van der Waals surface area contributed by atoms with Crippen molar-refractivity contribution in [3.05, 3.63) is 47.5 Å². The van der Waals surface area contributed by atoms with Gasteiger partial charge in [-0.3, -0.25) is 9.59 Å². The van der Waals surface area contributed by atoms with Crippen LogP contribution < -0.4 is 20.5 Å². The fourth-order valence-corrected chi connectivity index (χ4v) is 2.72. The summed E-state index contributed by atoms with van der Waals surface area (Å²) in [6.45, 7) is 5.27. The van der Waals surface area contributed by atoms with Crippen LogP contribution in [-0.4, -0.2) is 36.6 Å². The predicted molar refractivity (Wildman–Crippen MR) is 98.6 cm³/mol. The van der Waals surface area contributed by atoms with Gasteiger partial charge in [0.05, 0.1) is 11.4 Å². The fourth-order valence-electron chi connectivity index (χ4n) is 2.72. The summed E-state index contributed by atoms with van der Waals surface area (Å²) in [4.78, 5) is 26.5. The van der Waals surface area contributed by atoms with Crippen molar-refractivity contribution in [3.8, 4) is 11.5 Å². The summed E-state index contributed by atoms with van der Waals surface area (Å²) >= 11 is 0. The Balaban J connectivity index is 1.74. The molecule has 3 rings (SSSR count). The van der Waals surface area contributed by atoms with Crippen molar-refractivity contribution in [3.63, 3.8) is 0 Å². The topological polar surface area (TPSA) is 93.9 Å². The Labute approximate surface area is 151 Å². The van der Waals surface area contributed by atoms with Crippen molar-refractivity contribution in [1.82, 2.24) is 4.90 Å². The van der Waals surface area contributed by atoms with Gasteiger partial charge in [0.2, 0.25) is 6.79 Å². The van der Waals surface area contributed by atoms with Crippen LogP contribution in [0.15, 0.2) is 36.4 Å². The number of ether oxygens (including phenoxy) is 2. The van der Waals surface area contributed by atoms with Crippen LogP contribution in [0.2, 0.25) is 0 Å². The average molecular weight is 355 g/mol. The number of hydrogen-bond acceptors (Lipinski definition) is 5. The maximum atomic E-state index is 12.5. The van der Waals surface area contributed by atoms with Gasteiger partial charge in [0, 0.05) is 36.3 Å². The molecule has 0 bridgehead atoms. The number of hydrogen-bond donors (Lipinski definition) is 2. The first kappa shape index (κ1) is 17.6. The molecule has 0 atom stereocenters. The van der Waals surface area contributed by atoms with E-state index in [1.54, 1.807) is 41.3 Å². The Kier molecular flexibility index (Phi) is 4.97. The van der Waals surface area contributed by atoms with Crippen molar-refractivity contribution in [2.45, 2.75) is 13.8 Å². The third kappa shape index (κ3) is 3.42. The molecule has 0 saturated carbocycles. The quantitative estimate of drug-likeness (QED) is 0.804. The molecular formula is C19H21N3O4. The van der Waals surface area contributed by atoms with Crippen LogP contribution >= 0.6 is 0 Å². The highest BCUT2D eigenvalue weighted by Crippen LogP contribution is 2.38. The molecule has 2 aromatic rings. The number of rotatable bonds is 5. The lowest BCUT2D eigenvalue weighted by Crippen LogP contribution is -2.30. The van der Waals surface area contributed by atoms with Gasteiger partial charge in [-0.05, 0) is 38.1 Å². The molecule has 1 aliphatic heterocycles. The number of fused-ring (bicyclic) bond motifs is 1. The van der Waals surface area contributed by atoms with Crippen molar-refractivity contribution < 1.29 is 19.1 Å². The van der Waals surface area contributed by atoms with Gasteiger partial charge >= 0.3 is 0 Å². The highest BCUT2D eigenvalue weighted by molar-refractivity contribution is 6.06. The van der Waals surface area contributed by atoms with E-state index in [4.69, 9.17) is 15.2 Å². The summed E-state index contributed by atoms with van der Waals surface area (Å²) < 4.78 is 10.5. The second-order valence-corrected chi connectivity index (χ2v) is 5.80. The molecule has 0 radical (unpaired) electrons. The number of carbonyl (C=O) groups excluding carboxylic acids is 2. The van der Waals surface area contributed by atoms with Crippen molar-refractivity contribution >= 4 is 23.2 Å². The van der Waals surface area contributed by atoms with E-state index in [9.17, 15) is 9.59 Å². The molecule has 0 unspecified atom stereocenters. The molecular weight excluding hydrogens is 334 g/mol. The first-order chi connectivity index (χ1) is 12.5. The largest absolute Gasteiger partial charge is 0.454 e. The van der Waals surface area contributed by atoms with Gasteiger partial charge in [-0.15, -0.1) is 0 Å². The fraction of sp³-hybridized carbons (Fsp3) is 0.263. The normalized spacial score (nSPS) is 11.9. The van der Waals surface area contributed by atoms with Crippen LogP contribution in [0.25, 0.3) is 0 Å². The van der Waals surface area contributed by atoms with Gasteiger partial charge in [-0.25, -0.2) is 0 Å². The molecule has 1 heterocycles. The number of benzene rings is 2. The molecule has 7 nitrogen and oxygen atoms in total. The molecule has 136 valence electrons. The number of nitrogen functional groups attached to an aromatic ring is 1. The van der Waals surface area contributed by atoms with Gasteiger partial charge < -0.3 is 25.4 Å². The summed E-state index contributed by atoms with van der Waals surface area (Å²) in [7, 11) is 0. The van der Waals surface area contributed by atoms with Gasteiger partial charge in [0.1, 0.15) is 0 Å². The van der Waals surface area contributed by atoms with Crippen molar-refractivity contribution in [2.75, 3.05) is 30.9 Å². The van der Waals surface area contributed by atoms with E-state index in [-0.39, 0.29) is 18.6 Å². The zero-order chi connectivity index (χ0) is 18.7. The number of amides is 2. The van der Waals surface area contributed by atoms with E-state index in [2.05, 4.69) is 5.32 Å². The maximum absolute atomic E-state index is 12.5. The lowest BCUT2D eigenvalue weighted by atomic mass is 10.1. The van der Waals surface area contributed by atoms with Crippen LogP contribution in [0.4, 0.5) is 11.4 Å². The van der Waals surface area contributed by atoms with E-state index >= 15 is 0 Å². The molecule has 0 aromatic heterocycles. The Bertz CT molecular complexity index is 829. The van der Waals surface area contributed by atoms with Gasteiger partial charge in [-0.1, -0.05) is 0 Å². The van der Waals surface area contributed by atoms with E-state index in [0.29, 0.717) is 47.1 Å². The van der Waals surface area contributed by atoms with Crippen LogP contribution in [0.5, 0.6) is 11.5 Å². The molecule has 0 fully saturated rings. The highest BCUT2D eigenvalue weighted by Gasteiger charge is 2.18. The van der Waals surface area contributed by atoms with Gasteiger partial charge in [0.15, 0.2) is 11.5 Å². The average Bonchev–Trinajstić information content (AvgIpc) is 3.10. The first-order valence-electron chi connectivity index (χ1n) is 8.43. The molecule has 0 aliphatic carbocycles. The molecule has 26 heavy (non-hydrogen) atoms. The number of nitrogens with zero attached hydrogens (tertiary/aromatic N) is 1. The minimum absolute atomic E-state index is 0.0537. The maximum Gasteiger partial charge on any atom is 0.255 e. The third-order valence-corrected chi connectivity index (χ3v) is 4.24. The monoisotopic (exact) mass is 355 g/mol. The minimum atomic E-state index is -0.322. The molecule has 0 spiro atoms. The van der Waals surface area contributed by atoms with E-state index in [0.717, 1.165) is 0 Å². The molecule has 1 aliphatic rings. The van der Waals surface area contributed by atoms with Crippen molar-refractivity contribution in [2.24, 2.45) is 0 Å². The second-order valence-electron chi connectivity index (χ2n) is 5.80. The Morgan fingerprint density at radius 3 is 2.23 bits per heavy atom. The Hall–Kier alpha value is -3.22. The smallest absolute Gasteiger partial charge is 0.255 e. The SMILES string of the molecule is CCN(CC)C(=O)c1ccc(C(=O)Nc2cc3c(cc2N)OCO3)cc1. The van der Waals surface area contributed by atoms with E-state index in [1.807, 2.05) is 13.8 Å². The first-order valence-corrected chi connectivity index (χ1v) is 8.43. The molecule has 2 aromatic carbocycles. The summed E-state index contributed by atoms with van der Waals surface area (Å²) in [6, 6.07) is 9.79. The van der Waals surface area contributed by atoms with Crippen LogP contribution in [-0.2, 0) is 0 Å². The Morgan fingerprint density at radius 2 is 1.62 bits per heavy atom. The van der Waals surface area contributed by atoms with Crippen LogP contribution in [0.1, 0.15) is 34.6 Å². The molecule has 2 amide bonds. The van der Waals surface area contributed by atoms with Gasteiger partial charge in [-0.2, -0.15) is 0 Å². The second kappa shape index (κ2) is 7.35. The summed E-state index contributed by atoms with van der Waals surface area (Å²) in [5, 5.41) is 2.76. The van der Waals surface area contributed by atoms with E-state index in [1.165, 1.54) is 0 Å².